The molecule has 0 aliphatic carbocycles. The number of methoxy groups -OCH3 is 1. The second-order valence-electron chi connectivity index (χ2n) is 4.95. The van der Waals surface area contributed by atoms with E-state index in [1.165, 1.54) is 11.8 Å². The van der Waals surface area contributed by atoms with Crippen LogP contribution in [0.4, 0.5) is 5.88 Å². The third-order valence-corrected chi connectivity index (χ3v) is 4.15. The number of benzene rings is 1. The quantitative estimate of drug-likeness (QED) is 0.692. The Morgan fingerprint density at radius 1 is 1.38 bits per heavy atom. The second-order valence-corrected chi connectivity index (χ2v) is 5.89. The van der Waals surface area contributed by atoms with E-state index in [0.717, 1.165) is 16.6 Å². The van der Waals surface area contributed by atoms with E-state index >= 15 is 0 Å². The van der Waals surface area contributed by atoms with Crippen molar-refractivity contribution in [2.75, 3.05) is 18.2 Å². The molecule has 0 atom stereocenters. The van der Waals surface area contributed by atoms with Crippen LogP contribution in [0.15, 0.2) is 52.4 Å². The van der Waals surface area contributed by atoms with Crippen LogP contribution in [0.25, 0.3) is 5.69 Å². The lowest BCUT2D eigenvalue weighted by Gasteiger charge is -2.08. The molecule has 2 aromatic heterocycles. The third kappa shape index (κ3) is 3.77. The van der Waals surface area contributed by atoms with Gasteiger partial charge >= 0.3 is 0 Å². The average Bonchev–Trinajstić information content (AvgIpc) is 3.22. The number of nitrogens with zero attached hydrogens (tertiary/aromatic N) is 3. The molecule has 0 aliphatic heterocycles. The fraction of sp³-hybridized carbons (Fsp3) is 0.188. The lowest BCUT2D eigenvalue weighted by atomic mass is 10.3. The highest BCUT2D eigenvalue weighted by molar-refractivity contribution is 7.99. The maximum atomic E-state index is 12.0. The zero-order valence-corrected chi connectivity index (χ0v) is 14.0. The summed E-state index contributed by atoms with van der Waals surface area (Å²) < 4.78 is 12.0. The van der Waals surface area contributed by atoms with E-state index in [1.807, 2.05) is 35.0 Å². The van der Waals surface area contributed by atoms with Gasteiger partial charge in [0.05, 0.1) is 18.6 Å². The van der Waals surface area contributed by atoms with E-state index in [0.29, 0.717) is 11.6 Å². The first-order valence-electron chi connectivity index (χ1n) is 7.19. The standard InChI is InChI=1S/C16H16N4O3S/c1-11-9-15(23-19-11)18-14(21)10-24-16-17-7-8-20(16)12-3-5-13(22-2)6-4-12/h3-9H,10H2,1-2H3,(H,18,21). The second kappa shape index (κ2) is 7.22. The average molecular weight is 344 g/mol. The summed E-state index contributed by atoms with van der Waals surface area (Å²) in [5, 5.41) is 7.11. The minimum absolute atomic E-state index is 0.180. The van der Waals surface area contributed by atoms with Crippen LogP contribution >= 0.6 is 11.8 Å². The summed E-state index contributed by atoms with van der Waals surface area (Å²) >= 11 is 1.34. The monoisotopic (exact) mass is 344 g/mol. The number of anilines is 1. The highest BCUT2D eigenvalue weighted by Gasteiger charge is 2.11. The minimum atomic E-state index is -0.180. The van der Waals surface area contributed by atoms with Gasteiger partial charge in [-0.25, -0.2) is 4.98 Å². The normalized spacial score (nSPS) is 10.6. The van der Waals surface area contributed by atoms with Crippen molar-refractivity contribution >= 4 is 23.6 Å². The Labute approximate surface area is 143 Å². The Hall–Kier alpha value is -2.74. The van der Waals surface area contributed by atoms with Gasteiger partial charge in [-0.3, -0.25) is 14.7 Å². The fourth-order valence-corrected chi connectivity index (χ4v) is 2.84. The SMILES string of the molecule is COc1ccc(-n2ccnc2SCC(=O)Nc2cc(C)no2)cc1. The molecule has 0 saturated carbocycles. The smallest absolute Gasteiger partial charge is 0.237 e. The largest absolute Gasteiger partial charge is 0.497 e. The summed E-state index contributed by atoms with van der Waals surface area (Å²) in [6, 6.07) is 9.29. The molecule has 124 valence electrons. The number of carbonyl (C=O) groups is 1. The molecule has 0 bridgehead atoms. The topological polar surface area (TPSA) is 82.2 Å². The molecule has 24 heavy (non-hydrogen) atoms. The van der Waals surface area contributed by atoms with Gasteiger partial charge in [0.25, 0.3) is 0 Å². The molecule has 1 amide bonds. The molecule has 1 N–H and O–H groups in total. The molecular formula is C16H16N4O3S. The Bertz CT molecular complexity index is 826. The molecular weight excluding hydrogens is 328 g/mol. The third-order valence-electron chi connectivity index (χ3n) is 3.18. The van der Waals surface area contributed by atoms with Gasteiger partial charge in [0.1, 0.15) is 5.75 Å². The molecule has 8 heteroatoms. The number of amides is 1. The van der Waals surface area contributed by atoms with E-state index in [-0.39, 0.29) is 11.7 Å². The van der Waals surface area contributed by atoms with Crippen LogP contribution in [-0.2, 0) is 4.79 Å². The van der Waals surface area contributed by atoms with Crippen molar-refractivity contribution in [3.05, 3.63) is 48.4 Å². The summed E-state index contributed by atoms with van der Waals surface area (Å²) in [5.74, 6) is 1.17. The molecule has 0 unspecified atom stereocenters. The summed E-state index contributed by atoms with van der Waals surface area (Å²) in [7, 11) is 1.63. The maximum Gasteiger partial charge on any atom is 0.237 e. The molecule has 0 fully saturated rings. The van der Waals surface area contributed by atoms with Gasteiger partial charge in [0.2, 0.25) is 11.8 Å². The molecule has 0 aliphatic rings. The predicted molar refractivity (Wildman–Crippen MR) is 90.7 cm³/mol. The number of hydrogen-bond donors (Lipinski definition) is 1. The van der Waals surface area contributed by atoms with Crippen LogP contribution in [-0.4, -0.2) is 33.5 Å². The highest BCUT2D eigenvalue weighted by Crippen LogP contribution is 2.22. The summed E-state index contributed by atoms with van der Waals surface area (Å²) in [4.78, 5) is 16.3. The molecule has 3 aromatic rings. The van der Waals surface area contributed by atoms with Crippen LogP contribution in [0.3, 0.4) is 0 Å². The van der Waals surface area contributed by atoms with Crippen molar-refractivity contribution in [1.82, 2.24) is 14.7 Å². The van der Waals surface area contributed by atoms with E-state index < -0.39 is 0 Å². The zero-order chi connectivity index (χ0) is 16.9. The predicted octanol–water partition coefficient (Wildman–Crippen LogP) is 2.91. The summed E-state index contributed by atoms with van der Waals surface area (Å²) in [6.45, 7) is 1.79. The first kappa shape index (κ1) is 16.1. The fourth-order valence-electron chi connectivity index (χ4n) is 2.06. The number of carbonyl (C=O) groups excluding carboxylic acids is 1. The van der Waals surface area contributed by atoms with Gasteiger partial charge in [-0.15, -0.1) is 0 Å². The first-order chi connectivity index (χ1) is 11.7. The summed E-state index contributed by atoms with van der Waals surface area (Å²) in [6.07, 6.45) is 3.55. The van der Waals surface area contributed by atoms with E-state index in [9.17, 15) is 4.79 Å². The van der Waals surface area contributed by atoms with Gasteiger partial charge in [0.15, 0.2) is 5.16 Å². The van der Waals surface area contributed by atoms with Crippen molar-refractivity contribution in [3.8, 4) is 11.4 Å². The van der Waals surface area contributed by atoms with Crippen LogP contribution in [0.1, 0.15) is 5.69 Å². The number of nitrogens with one attached hydrogen (secondary N) is 1. The number of rotatable bonds is 6. The molecule has 0 spiro atoms. The Morgan fingerprint density at radius 3 is 2.83 bits per heavy atom. The van der Waals surface area contributed by atoms with Gasteiger partial charge in [-0.05, 0) is 31.2 Å². The number of ether oxygens (including phenoxy) is 1. The molecule has 3 rings (SSSR count). The lowest BCUT2D eigenvalue weighted by Crippen LogP contribution is -2.14. The Kier molecular flexibility index (Phi) is 4.85. The van der Waals surface area contributed by atoms with Crippen molar-refractivity contribution in [2.24, 2.45) is 0 Å². The minimum Gasteiger partial charge on any atom is -0.497 e. The van der Waals surface area contributed by atoms with Crippen molar-refractivity contribution in [3.63, 3.8) is 0 Å². The summed E-state index contributed by atoms with van der Waals surface area (Å²) in [5.41, 5.74) is 1.66. The van der Waals surface area contributed by atoms with E-state index in [4.69, 9.17) is 9.26 Å². The van der Waals surface area contributed by atoms with Crippen LogP contribution < -0.4 is 10.1 Å². The lowest BCUT2D eigenvalue weighted by molar-refractivity contribution is -0.113. The number of imidazole rings is 1. The number of hydrogen-bond acceptors (Lipinski definition) is 6. The number of aryl methyl sites for hydroxylation is 1. The molecule has 2 heterocycles. The Morgan fingerprint density at radius 2 is 2.17 bits per heavy atom. The molecule has 7 nitrogen and oxygen atoms in total. The highest BCUT2D eigenvalue weighted by atomic mass is 32.2. The number of aromatic nitrogens is 3. The Balaban J connectivity index is 1.63. The molecule has 0 radical (unpaired) electrons. The van der Waals surface area contributed by atoms with Crippen molar-refractivity contribution in [2.45, 2.75) is 12.1 Å². The van der Waals surface area contributed by atoms with Crippen LogP contribution in [0.5, 0.6) is 5.75 Å². The van der Waals surface area contributed by atoms with Crippen molar-refractivity contribution < 1.29 is 14.1 Å². The van der Waals surface area contributed by atoms with Crippen molar-refractivity contribution in [1.29, 1.82) is 0 Å². The maximum absolute atomic E-state index is 12.0. The van der Waals surface area contributed by atoms with Crippen LogP contribution in [0.2, 0.25) is 0 Å². The zero-order valence-electron chi connectivity index (χ0n) is 13.2. The van der Waals surface area contributed by atoms with E-state index in [2.05, 4.69) is 15.5 Å². The first-order valence-corrected chi connectivity index (χ1v) is 8.18. The van der Waals surface area contributed by atoms with E-state index in [1.54, 1.807) is 26.3 Å². The van der Waals surface area contributed by atoms with Crippen LogP contribution in [0, 0.1) is 6.92 Å². The number of thioether (sulfide) groups is 1. The van der Waals surface area contributed by atoms with Gasteiger partial charge < -0.3 is 9.26 Å². The molecule has 0 saturated heterocycles. The molecule has 1 aromatic carbocycles. The van der Waals surface area contributed by atoms with Gasteiger partial charge in [-0.1, -0.05) is 16.9 Å². The van der Waals surface area contributed by atoms with Gasteiger partial charge in [-0.2, -0.15) is 0 Å². The van der Waals surface area contributed by atoms with Gasteiger partial charge in [0, 0.05) is 24.1 Å².